The Morgan fingerprint density at radius 2 is 1.51 bits per heavy atom. The maximum atomic E-state index is 13.1. The van der Waals surface area contributed by atoms with Gasteiger partial charge in [-0.25, -0.2) is 9.59 Å². The van der Waals surface area contributed by atoms with E-state index in [4.69, 9.17) is 14.6 Å². The number of carboxylic acid groups (broad SMARTS) is 2. The average molecular weight is 532 g/mol. The van der Waals surface area contributed by atoms with Crippen molar-refractivity contribution in [2.75, 3.05) is 31.5 Å². The van der Waals surface area contributed by atoms with E-state index in [1.54, 1.807) is 18.2 Å². The van der Waals surface area contributed by atoms with Crippen molar-refractivity contribution in [2.24, 2.45) is 0 Å². The Kier molecular flexibility index (Phi) is 8.90. The van der Waals surface area contributed by atoms with Crippen molar-refractivity contribution < 1.29 is 33.8 Å². The third-order valence-electron chi connectivity index (χ3n) is 6.54. The van der Waals surface area contributed by atoms with Gasteiger partial charge in [-0.2, -0.15) is 0 Å². The lowest BCUT2D eigenvalue weighted by atomic mass is 10.1. The van der Waals surface area contributed by atoms with Crippen molar-refractivity contribution in [3.63, 3.8) is 0 Å². The molecule has 3 aliphatic rings. The van der Waals surface area contributed by atoms with Crippen LogP contribution < -0.4 is 5.32 Å². The van der Waals surface area contributed by atoms with Crippen molar-refractivity contribution in [2.45, 2.75) is 18.9 Å². The number of carbonyl (C=O) groups excluding carboxylic acids is 2. The molecule has 3 aliphatic heterocycles. The highest BCUT2D eigenvalue weighted by Gasteiger charge is 2.33. The number of carbonyl (C=O) groups is 4. The molecular weight excluding hydrogens is 502 g/mol. The number of rotatable bonds is 6. The molecule has 1 aromatic heterocycles. The molecule has 39 heavy (non-hydrogen) atoms. The first-order valence-corrected chi connectivity index (χ1v) is 12.5. The second kappa shape index (κ2) is 12.7. The molecule has 2 bridgehead atoms. The van der Waals surface area contributed by atoms with E-state index in [-0.39, 0.29) is 11.8 Å². The van der Waals surface area contributed by atoms with Gasteiger partial charge in [0, 0.05) is 61.2 Å². The van der Waals surface area contributed by atoms with Gasteiger partial charge in [0.1, 0.15) is 5.76 Å². The lowest BCUT2D eigenvalue weighted by Gasteiger charge is -2.30. The van der Waals surface area contributed by atoms with Gasteiger partial charge < -0.3 is 29.7 Å². The smallest absolute Gasteiger partial charge is 0.328 e. The van der Waals surface area contributed by atoms with Gasteiger partial charge in [0.15, 0.2) is 5.76 Å². The minimum absolute atomic E-state index is 0.0338. The van der Waals surface area contributed by atoms with Crippen LogP contribution in [0.4, 0.5) is 5.69 Å². The summed E-state index contributed by atoms with van der Waals surface area (Å²) in [5, 5.41) is 18.5. The molecular formula is C29H29N3O7. The van der Waals surface area contributed by atoms with Crippen LogP contribution in [0.2, 0.25) is 0 Å². The van der Waals surface area contributed by atoms with Crippen LogP contribution in [0.15, 0.2) is 83.3 Å². The highest BCUT2D eigenvalue weighted by molar-refractivity contribution is 6.04. The molecule has 4 heterocycles. The maximum absolute atomic E-state index is 13.1. The second-order valence-electron chi connectivity index (χ2n) is 9.15. The fraction of sp³-hybridized carbons (Fsp3) is 0.241. The standard InChI is InChI=1S/C25H25N3O3.C4H4O4/c29-24(18-5-2-1-3-6-18)26-20-8-4-7-19(17-20)22-9-10-23(31-22)25(30)28-16-15-27-13-11-21(28)12-14-27;5-3(6)1-2-4(7)8/h1-10,17,21H,11-16H2,(H,26,29);1-2H,(H,5,6)(H,7,8)/b;2-1+. The van der Waals surface area contributed by atoms with Crippen molar-refractivity contribution in [1.82, 2.24) is 9.80 Å². The van der Waals surface area contributed by atoms with Crippen LogP contribution in [-0.2, 0) is 9.59 Å². The van der Waals surface area contributed by atoms with E-state index in [9.17, 15) is 19.2 Å². The molecule has 3 aromatic rings. The van der Waals surface area contributed by atoms with Gasteiger partial charge in [-0.15, -0.1) is 0 Å². The van der Waals surface area contributed by atoms with E-state index in [0.717, 1.165) is 44.6 Å². The van der Waals surface area contributed by atoms with Crippen molar-refractivity contribution >= 4 is 29.4 Å². The number of hydrogen-bond acceptors (Lipinski definition) is 6. The van der Waals surface area contributed by atoms with E-state index in [1.807, 2.05) is 53.4 Å². The van der Waals surface area contributed by atoms with Gasteiger partial charge >= 0.3 is 11.9 Å². The van der Waals surface area contributed by atoms with Gasteiger partial charge in [-0.05, 0) is 49.2 Å². The molecule has 3 fully saturated rings. The molecule has 10 nitrogen and oxygen atoms in total. The van der Waals surface area contributed by atoms with Crippen LogP contribution in [0.5, 0.6) is 0 Å². The summed E-state index contributed by atoms with van der Waals surface area (Å²) in [4.78, 5) is 49.1. The first-order chi connectivity index (χ1) is 18.8. The summed E-state index contributed by atoms with van der Waals surface area (Å²) in [6, 6.07) is 20.4. The van der Waals surface area contributed by atoms with Crippen LogP contribution >= 0.6 is 0 Å². The molecule has 3 saturated heterocycles. The number of anilines is 1. The number of aliphatic carboxylic acids is 2. The zero-order chi connectivity index (χ0) is 27.8. The van der Waals surface area contributed by atoms with Gasteiger partial charge in [0.05, 0.1) is 0 Å². The van der Waals surface area contributed by atoms with Gasteiger partial charge in [-0.3, -0.25) is 9.59 Å². The molecule has 0 spiro atoms. The quantitative estimate of drug-likeness (QED) is 0.408. The molecule has 10 heteroatoms. The van der Waals surface area contributed by atoms with Crippen molar-refractivity contribution in [1.29, 1.82) is 0 Å². The largest absolute Gasteiger partial charge is 0.478 e. The number of hydrogen-bond donors (Lipinski definition) is 3. The third kappa shape index (κ3) is 7.42. The third-order valence-corrected chi connectivity index (χ3v) is 6.54. The average Bonchev–Trinajstić information content (AvgIpc) is 3.25. The summed E-state index contributed by atoms with van der Waals surface area (Å²) in [7, 11) is 0. The second-order valence-corrected chi connectivity index (χ2v) is 9.15. The SMILES string of the molecule is O=C(Nc1cccc(-c2ccc(C(=O)N3CCN4CCC3CC4)o2)c1)c1ccccc1.O=C(O)/C=C/C(=O)O. The molecule has 0 saturated carbocycles. The Labute approximate surface area is 225 Å². The lowest BCUT2D eigenvalue weighted by molar-refractivity contribution is -0.134. The number of amides is 2. The Balaban J connectivity index is 0.000000386. The fourth-order valence-corrected chi connectivity index (χ4v) is 4.59. The summed E-state index contributed by atoms with van der Waals surface area (Å²) in [6.07, 6.45) is 3.18. The summed E-state index contributed by atoms with van der Waals surface area (Å²) in [5.41, 5.74) is 2.09. The van der Waals surface area contributed by atoms with E-state index in [2.05, 4.69) is 10.2 Å². The number of furan rings is 1. The van der Waals surface area contributed by atoms with Crippen molar-refractivity contribution in [3.8, 4) is 11.3 Å². The first-order valence-electron chi connectivity index (χ1n) is 12.5. The zero-order valence-electron chi connectivity index (χ0n) is 21.2. The molecule has 3 N–H and O–H groups in total. The predicted octanol–water partition coefficient (Wildman–Crippen LogP) is 3.83. The topological polar surface area (TPSA) is 140 Å². The first kappa shape index (κ1) is 27.3. The Hall–Kier alpha value is -4.70. The van der Waals surface area contributed by atoms with Gasteiger partial charge in [-0.1, -0.05) is 30.3 Å². The molecule has 2 amide bonds. The van der Waals surface area contributed by atoms with E-state index in [1.165, 1.54) is 0 Å². The predicted molar refractivity (Wildman–Crippen MR) is 143 cm³/mol. The lowest BCUT2D eigenvalue weighted by Crippen LogP contribution is -2.41. The zero-order valence-corrected chi connectivity index (χ0v) is 21.2. The summed E-state index contributed by atoms with van der Waals surface area (Å²) in [6.45, 7) is 3.82. The Morgan fingerprint density at radius 3 is 2.18 bits per heavy atom. The monoisotopic (exact) mass is 531 g/mol. The number of carboxylic acids is 2. The minimum Gasteiger partial charge on any atom is -0.478 e. The van der Waals surface area contributed by atoms with Crippen molar-refractivity contribution in [3.05, 3.63) is 90.2 Å². The Morgan fingerprint density at radius 1 is 0.821 bits per heavy atom. The van der Waals surface area contributed by atoms with Gasteiger partial charge in [0.2, 0.25) is 0 Å². The van der Waals surface area contributed by atoms with E-state index < -0.39 is 11.9 Å². The number of nitrogens with zero attached hydrogens (tertiary/aromatic N) is 2. The summed E-state index contributed by atoms with van der Waals surface area (Å²) >= 11 is 0. The Bertz CT molecular complexity index is 1340. The van der Waals surface area contributed by atoms with Crippen LogP contribution in [-0.4, -0.2) is 76.0 Å². The number of piperidine rings is 1. The molecule has 0 aliphatic carbocycles. The van der Waals surface area contributed by atoms with E-state index in [0.29, 0.717) is 41.0 Å². The maximum Gasteiger partial charge on any atom is 0.328 e. The molecule has 202 valence electrons. The summed E-state index contributed by atoms with van der Waals surface area (Å²) in [5.74, 6) is -1.73. The van der Waals surface area contributed by atoms with Crippen LogP contribution in [0.1, 0.15) is 33.8 Å². The minimum atomic E-state index is -1.26. The molecule has 2 aromatic carbocycles. The highest BCUT2D eigenvalue weighted by atomic mass is 16.4. The normalized spacial score (nSPS) is 18.1. The molecule has 0 unspecified atom stereocenters. The molecule has 0 radical (unpaired) electrons. The molecule has 6 rings (SSSR count). The van der Waals surface area contributed by atoms with E-state index >= 15 is 0 Å². The number of nitrogens with one attached hydrogen (secondary N) is 1. The molecule has 0 atom stereocenters. The van der Waals surface area contributed by atoms with Crippen LogP contribution in [0.3, 0.4) is 0 Å². The van der Waals surface area contributed by atoms with Crippen LogP contribution in [0, 0.1) is 0 Å². The van der Waals surface area contributed by atoms with Crippen LogP contribution in [0.25, 0.3) is 11.3 Å². The number of fused-ring (bicyclic) bond motifs is 4. The fourth-order valence-electron chi connectivity index (χ4n) is 4.59. The van der Waals surface area contributed by atoms with Gasteiger partial charge in [0.25, 0.3) is 11.8 Å². The summed E-state index contributed by atoms with van der Waals surface area (Å²) < 4.78 is 5.96. The number of benzene rings is 2. The highest BCUT2D eigenvalue weighted by Crippen LogP contribution is 2.28.